The number of carbonyl (C=O) groups is 3. The summed E-state index contributed by atoms with van der Waals surface area (Å²) in [5, 5.41) is 19.2. The van der Waals surface area contributed by atoms with Gasteiger partial charge in [-0.2, -0.15) is 5.48 Å². The number of carboxylic acid groups (broad SMARTS) is 1. The van der Waals surface area contributed by atoms with Crippen LogP contribution in [-0.2, 0) is 14.4 Å². The fraction of sp³-hybridized carbons (Fsp3) is 0.308. The Morgan fingerprint density at radius 1 is 1.18 bits per heavy atom. The standard InChI is InChI=1S/C13H12N2O7/c16-11(7-1-3-10(4-2-7)15(20)21)14-22-13(19)9-5-8(6-9)12(17)18/h1-4,8-9H,5-6H2,(H,14,16)(H,17,18). The van der Waals surface area contributed by atoms with Gasteiger partial charge in [0.2, 0.25) is 0 Å². The molecule has 9 heteroatoms. The van der Waals surface area contributed by atoms with E-state index in [1.165, 1.54) is 12.1 Å². The number of benzene rings is 1. The summed E-state index contributed by atoms with van der Waals surface area (Å²) in [7, 11) is 0. The van der Waals surface area contributed by atoms with Gasteiger partial charge in [-0.1, -0.05) is 0 Å². The lowest BCUT2D eigenvalue weighted by atomic mass is 9.75. The van der Waals surface area contributed by atoms with Crippen molar-refractivity contribution in [3.05, 3.63) is 39.9 Å². The fourth-order valence-electron chi connectivity index (χ4n) is 1.99. The van der Waals surface area contributed by atoms with E-state index in [1.807, 2.05) is 5.48 Å². The first-order chi connectivity index (χ1) is 10.4. The Bertz CT molecular complexity index is 620. The molecule has 1 aromatic rings. The van der Waals surface area contributed by atoms with Crippen LogP contribution in [0.15, 0.2) is 24.3 Å². The van der Waals surface area contributed by atoms with Gasteiger partial charge in [0.05, 0.1) is 16.8 Å². The van der Waals surface area contributed by atoms with Crippen molar-refractivity contribution in [1.29, 1.82) is 0 Å². The molecule has 116 valence electrons. The molecule has 1 fully saturated rings. The van der Waals surface area contributed by atoms with E-state index >= 15 is 0 Å². The summed E-state index contributed by atoms with van der Waals surface area (Å²) in [6, 6.07) is 4.76. The van der Waals surface area contributed by atoms with Crippen LogP contribution < -0.4 is 5.48 Å². The summed E-state index contributed by atoms with van der Waals surface area (Å²) in [6.45, 7) is 0. The highest BCUT2D eigenvalue weighted by atomic mass is 16.7. The molecule has 1 saturated carbocycles. The Balaban J connectivity index is 1.81. The molecule has 0 unspecified atom stereocenters. The fourth-order valence-corrected chi connectivity index (χ4v) is 1.99. The third kappa shape index (κ3) is 3.37. The molecule has 0 bridgehead atoms. The van der Waals surface area contributed by atoms with Gasteiger partial charge >= 0.3 is 11.9 Å². The van der Waals surface area contributed by atoms with Crippen molar-refractivity contribution in [3.8, 4) is 0 Å². The quantitative estimate of drug-likeness (QED) is 0.622. The molecular weight excluding hydrogens is 296 g/mol. The number of carboxylic acids is 1. The number of non-ortho nitro benzene ring substituents is 1. The summed E-state index contributed by atoms with van der Waals surface area (Å²) in [5.41, 5.74) is 1.86. The number of hydrogen-bond acceptors (Lipinski definition) is 6. The monoisotopic (exact) mass is 308 g/mol. The Labute approximate surface area is 124 Å². The van der Waals surface area contributed by atoms with Gasteiger partial charge in [0.25, 0.3) is 11.6 Å². The van der Waals surface area contributed by atoms with Gasteiger partial charge in [-0.25, -0.2) is 4.79 Å². The second kappa shape index (κ2) is 6.20. The molecule has 2 rings (SSSR count). The Morgan fingerprint density at radius 2 is 1.77 bits per heavy atom. The van der Waals surface area contributed by atoms with Crippen molar-refractivity contribution in [3.63, 3.8) is 0 Å². The SMILES string of the molecule is O=C(NOC(=O)C1CC(C(=O)O)C1)c1ccc([N+](=O)[O-])cc1. The van der Waals surface area contributed by atoms with Crippen LogP contribution in [0.1, 0.15) is 23.2 Å². The number of hydroxylamine groups is 1. The predicted octanol–water partition coefficient (Wildman–Crippen LogP) is 0.894. The summed E-state index contributed by atoms with van der Waals surface area (Å²) in [6.07, 6.45) is 0.364. The van der Waals surface area contributed by atoms with Gasteiger partial charge in [0.15, 0.2) is 0 Å². The molecular formula is C13H12N2O7. The summed E-state index contributed by atoms with van der Waals surface area (Å²) >= 11 is 0. The van der Waals surface area contributed by atoms with E-state index in [0.29, 0.717) is 0 Å². The lowest BCUT2D eigenvalue weighted by Crippen LogP contribution is -2.39. The molecule has 2 N–H and O–H groups in total. The smallest absolute Gasteiger partial charge is 0.335 e. The van der Waals surface area contributed by atoms with Crippen molar-refractivity contribution in [2.45, 2.75) is 12.8 Å². The molecule has 0 radical (unpaired) electrons. The lowest BCUT2D eigenvalue weighted by Gasteiger charge is -2.29. The third-order valence-corrected chi connectivity index (χ3v) is 3.41. The van der Waals surface area contributed by atoms with Gasteiger partial charge in [-0.15, -0.1) is 0 Å². The maximum absolute atomic E-state index is 11.7. The minimum absolute atomic E-state index is 0.0930. The zero-order valence-corrected chi connectivity index (χ0v) is 11.2. The van der Waals surface area contributed by atoms with E-state index in [2.05, 4.69) is 4.84 Å². The van der Waals surface area contributed by atoms with Crippen LogP contribution in [0, 0.1) is 22.0 Å². The third-order valence-electron chi connectivity index (χ3n) is 3.41. The van der Waals surface area contributed by atoms with Crippen molar-refractivity contribution < 1.29 is 29.3 Å². The van der Waals surface area contributed by atoms with Gasteiger partial charge in [-0.3, -0.25) is 19.7 Å². The largest absolute Gasteiger partial charge is 0.481 e. The second-order valence-corrected chi connectivity index (χ2v) is 4.86. The maximum atomic E-state index is 11.7. The maximum Gasteiger partial charge on any atom is 0.335 e. The Kier molecular flexibility index (Phi) is 4.35. The summed E-state index contributed by atoms with van der Waals surface area (Å²) in [4.78, 5) is 48.3. The zero-order valence-electron chi connectivity index (χ0n) is 11.2. The highest BCUT2D eigenvalue weighted by Crippen LogP contribution is 2.34. The number of hydrogen-bond donors (Lipinski definition) is 2. The van der Waals surface area contributed by atoms with E-state index < -0.39 is 34.6 Å². The van der Waals surface area contributed by atoms with E-state index in [-0.39, 0.29) is 24.1 Å². The number of nitro groups is 1. The minimum Gasteiger partial charge on any atom is -0.481 e. The second-order valence-electron chi connectivity index (χ2n) is 4.86. The van der Waals surface area contributed by atoms with E-state index in [4.69, 9.17) is 5.11 Å². The molecule has 0 heterocycles. The molecule has 0 aliphatic heterocycles. The van der Waals surface area contributed by atoms with Crippen LogP contribution in [0.2, 0.25) is 0 Å². The van der Waals surface area contributed by atoms with Crippen LogP contribution in [0.5, 0.6) is 0 Å². The number of nitro benzene ring substituents is 1. The zero-order chi connectivity index (χ0) is 16.3. The lowest BCUT2D eigenvalue weighted by molar-refractivity contribution is -0.384. The molecule has 0 saturated heterocycles. The van der Waals surface area contributed by atoms with E-state index in [1.54, 1.807) is 0 Å². The van der Waals surface area contributed by atoms with Gasteiger partial charge in [0, 0.05) is 17.7 Å². The Hall–Kier alpha value is -2.97. The van der Waals surface area contributed by atoms with Crippen molar-refractivity contribution in [1.82, 2.24) is 5.48 Å². The van der Waals surface area contributed by atoms with Crippen molar-refractivity contribution >= 4 is 23.5 Å². The van der Waals surface area contributed by atoms with Crippen LogP contribution in [0.3, 0.4) is 0 Å². The van der Waals surface area contributed by atoms with Crippen LogP contribution in [0.25, 0.3) is 0 Å². The van der Waals surface area contributed by atoms with Crippen LogP contribution in [-0.4, -0.2) is 27.9 Å². The molecule has 1 aliphatic carbocycles. The minimum atomic E-state index is -0.959. The highest BCUT2D eigenvalue weighted by molar-refractivity contribution is 5.94. The molecule has 1 amide bonds. The van der Waals surface area contributed by atoms with E-state index in [0.717, 1.165) is 12.1 Å². The van der Waals surface area contributed by atoms with Crippen molar-refractivity contribution in [2.24, 2.45) is 11.8 Å². The number of aliphatic carboxylic acids is 1. The number of rotatable bonds is 4. The molecule has 0 atom stereocenters. The van der Waals surface area contributed by atoms with E-state index in [9.17, 15) is 24.5 Å². The summed E-state index contributed by atoms with van der Waals surface area (Å²) < 4.78 is 0. The number of nitrogens with one attached hydrogen (secondary N) is 1. The summed E-state index contributed by atoms with van der Waals surface area (Å²) in [5.74, 6) is -3.48. The number of nitrogens with zero attached hydrogens (tertiary/aromatic N) is 1. The predicted molar refractivity (Wildman–Crippen MR) is 70.5 cm³/mol. The number of amides is 1. The van der Waals surface area contributed by atoms with Gasteiger partial charge in [0.1, 0.15) is 0 Å². The van der Waals surface area contributed by atoms with Crippen LogP contribution in [0.4, 0.5) is 5.69 Å². The molecule has 9 nitrogen and oxygen atoms in total. The average Bonchev–Trinajstić information content (AvgIpc) is 2.42. The number of carbonyl (C=O) groups excluding carboxylic acids is 2. The molecule has 1 aliphatic rings. The first-order valence-corrected chi connectivity index (χ1v) is 6.36. The van der Waals surface area contributed by atoms with Crippen molar-refractivity contribution in [2.75, 3.05) is 0 Å². The topological polar surface area (TPSA) is 136 Å². The normalized spacial score (nSPS) is 19.6. The van der Waals surface area contributed by atoms with Gasteiger partial charge in [-0.05, 0) is 25.0 Å². The average molecular weight is 308 g/mol. The first-order valence-electron chi connectivity index (χ1n) is 6.36. The Morgan fingerprint density at radius 3 is 2.27 bits per heavy atom. The molecule has 0 spiro atoms. The molecule has 0 aromatic heterocycles. The molecule has 1 aromatic carbocycles. The molecule has 22 heavy (non-hydrogen) atoms. The highest BCUT2D eigenvalue weighted by Gasteiger charge is 2.40. The first kappa shape index (κ1) is 15.4. The van der Waals surface area contributed by atoms with Gasteiger partial charge < -0.3 is 9.94 Å². The van der Waals surface area contributed by atoms with Crippen LogP contribution >= 0.6 is 0 Å².